The lowest BCUT2D eigenvalue weighted by molar-refractivity contribution is -0.139. The molecule has 0 N–H and O–H groups in total. The average Bonchev–Trinajstić information content (AvgIpc) is 2.54. The first-order valence-corrected chi connectivity index (χ1v) is 6.80. The Hall–Kier alpha value is -2.88. The van der Waals surface area contributed by atoms with Crippen molar-refractivity contribution in [1.82, 2.24) is 0 Å². The molecule has 0 saturated heterocycles. The Kier molecular flexibility index (Phi) is 5.49. The van der Waals surface area contributed by atoms with Crippen LogP contribution in [0.15, 0.2) is 66.9 Å². The summed E-state index contributed by atoms with van der Waals surface area (Å²) in [6.45, 7) is 1.66. The van der Waals surface area contributed by atoms with E-state index in [1.165, 1.54) is 19.3 Å². The number of benzene rings is 2. The summed E-state index contributed by atoms with van der Waals surface area (Å²) >= 11 is 0. The van der Waals surface area contributed by atoms with Gasteiger partial charge in [0.1, 0.15) is 12.4 Å². The molecule has 0 fully saturated rings. The molecule has 2 aromatic carbocycles. The van der Waals surface area contributed by atoms with Crippen LogP contribution in [0.1, 0.15) is 22.8 Å². The van der Waals surface area contributed by atoms with Gasteiger partial charge in [0, 0.05) is 0 Å². The molecule has 4 heteroatoms. The summed E-state index contributed by atoms with van der Waals surface area (Å²) in [6, 6.07) is 16.2. The van der Waals surface area contributed by atoms with Gasteiger partial charge in [0.25, 0.3) is 0 Å². The number of hydrogen-bond donors (Lipinski definition) is 0. The standard InChI is InChI=1S/C18H16O4/c1-14(19)16-9-5-6-10-17(16)21-12-11-18(20)22-13-15-7-3-2-4-8-15/h2-12H,13H2,1H3/b12-11+. The monoisotopic (exact) mass is 296 g/mol. The zero-order chi connectivity index (χ0) is 15.8. The van der Waals surface area contributed by atoms with Gasteiger partial charge in [-0.1, -0.05) is 42.5 Å². The van der Waals surface area contributed by atoms with Crippen LogP contribution in [0.3, 0.4) is 0 Å². The molecule has 22 heavy (non-hydrogen) atoms. The van der Waals surface area contributed by atoms with E-state index in [1.807, 2.05) is 30.3 Å². The minimum Gasteiger partial charge on any atom is -0.464 e. The molecule has 0 atom stereocenters. The second-order valence-electron chi connectivity index (χ2n) is 4.57. The summed E-state index contributed by atoms with van der Waals surface area (Å²) < 4.78 is 10.4. The van der Waals surface area contributed by atoms with Crippen LogP contribution >= 0.6 is 0 Å². The van der Waals surface area contributed by atoms with Gasteiger partial charge < -0.3 is 9.47 Å². The van der Waals surface area contributed by atoms with Crippen molar-refractivity contribution in [2.24, 2.45) is 0 Å². The smallest absolute Gasteiger partial charge is 0.334 e. The third-order valence-electron chi connectivity index (χ3n) is 2.89. The number of hydrogen-bond acceptors (Lipinski definition) is 4. The minimum absolute atomic E-state index is 0.101. The van der Waals surface area contributed by atoms with Crippen molar-refractivity contribution in [1.29, 1.82) is 0 Å². The molecule has 0 aliphatic heterocycles. The van der Waals surface area contributed by atoms with Crippen molar-refractivity contribution in [2.75, 3.05) is 0 Å². The number of carbonyl (C=O) groups excluding carboxylic acids is 2. The highest BCUT2D eigenvalue weighted by atomic mass is 16.5. The second kappa shape index (κ2) is 7.78. The number of Topliss-reactive ketones (excluding diaryl/α,β-unsaturated/α-hetero) is 1. The van der Waals surface area contributed by atoms with Crippen LogP contribution in [0.5, 0.6) is 5.75 Å². The maximum absolute atomic E-state index is 11.6. The van der Waals surface area contributed by atoms with E-state index in [0.717, 1.165) is 5.56 Å². The Labute approximate surface area is 129 Å². The molecule has 0 aromatic heterocycles. The van der Waals surface area contributed by atoms with E-state index in [1.54, 1.807) is 24.3 Å². The van der Waals surface area contributed by atoms with Gasteiger partial charge in [0.15, 0.2) is 5.78 Å². The third-order valence-corrected chi connectivity index (χ3v) is 2.89. The van der Waals surface area contributed by atoms with E-state index in [2.05, 4.69) is 0 Å². The molecule has 0 amide bonds. The third kappa shape index (κ3) is 4.59. The fourth-order valence-electron chi connectivity index (χ4n) is 1.80. The first kappa shape index (κ1) is 15.5. The number of para-hydroxylation sites is 1. The fourth-order valence-corrected chi connectivity index (χ4v) is 1.80. The van der Waals surface area contributed by atoms with Gasteiger partial charge in [-0.2, -0.15) is 0 Å². The number of esters is 1. The van der Waals surface area contributed by atoms with Crippen molar-refractivity contribution < 1.29 is 19.1 Å². The lowest BCUT2D eigenvalue weighted by Crippen LogP contribution is -2.02. The molecule has 4 nitrogen and oxygen atoms in total. The summed E-state index contributed by atoms with van der Waals surface area (Å²) in [5.41, 5.74) is 1.37. The van der Waals surface area contributed by atoms with Gasteiger partial charge in [-0.05, 0) is 24.6 Å². The van der Waals surface area contributed by atoms with E-state index in [0.29, 0.717) is 11.3 Å². The van der Waals surface area contributed by atoms with Crippen LogP contribution in [-0.2, 0) is 16.1 Å². The van der Waals surface area contributed by atoms with Crippen LogP contribution < -0.4 is 4.74 Å². The Balaban J connectivity index is 1.87. The van der Waals surface area contributed by atoms with Crippen molar-refractivity contribution in [3.8, 4) is 5.75 Å². The summed E-state index contributed by atoms with van der Waals surface area (Å²) in [5, 5.41) is 0. The molecule has 0 saturated carbocycles. The van der Waals surface area contributed by atoms with Crippen molar-refractivity contribution in [2.45, 2.75) is 13.5 Å². The van der Waals surface area contributed by atoms with Crippen LogP contribution in [0, 0.1) is 0 Å². The maximum Gasteiger partial charge on any atom is 0.334 e. The van der Waals surface area contributed by atoms with Crippen molar-refractivity contribution in [3.63, 3.8) is 0 Å². The van der Waals surface area contributed by atoms with Gasteiger partial charge in [-0.15, -0.1) is 0 Å². The Morgan fingerprint density at radius 2 is 1.68 bits per heavy atom. The highest BCUT2D eigenvalue weighted by Crippen LogP contribution is 2.18. The van der Waals surface area contributed by atoms with Crippen molar-refractivity contribution in [3.05, 3.63) is 78.1 Å². The molecule has 0 aliphatic rings. The van der Waals surface area contributed by atoms with Gasteiger partial charge in [0.2, 0.25) is 0 Å². The Morgan fingerprint density at radius 1 is 1.00 bits per heavy atom. The number of ketones is 1. The van der Waals surface area contributed by atoms with E-state index in [9.17, 15) is 9.59 Å². The summed E-state index contributed by atoms with van der Waals surface area (Å²) in [6.07, 6.45) is 2.40. The summed E-state index contributed by atoms with van der Waals surface area (Å²) in [4.78, 5) is 23.0. The van der Waals surface area contributed by atoms with Gasteiger partial charge in [-0.3, -0.25) is 4.79 Å². The van der Waals surface area contributed by atoms with E-state index in [-0.39, 0.29) is 12.4 Å². The van der Waals surface area contributed by atoms with Crippen molar-refractivity contribution >= 4 is 11.8 Å². The van der Waals surface area contributed by atoms with Gasteiger partial charge >= 0.3 is 5.97 Å². The highest BCUT2D eigenvalue weighted by molar-refractivity contribution is 5.96. The zero-order valence-corrected chi connectivity index (χ0v) is 12.2. The lowest BCUT2D eigenvalue weighted by Gasteiger charge is -2.05. The van der Waals surface area contributed by atoms with Crippen LogP contribution in [0.25, 0.3) is 0 Å². The topological polar surface area (TPSA) is 52.6 Å². The number of rotatable bonds is 6. The molecule has 0 bridgehead atoms. The Morgan fingerprint density at radius 3 is 2.41 bits per heavy atom. The maximum atomic E-state index is 11.6. The number of ether oxygens (including phenoxy) is 2. The lowest BCUT2D eigenvalue weighted by atomic mass is 10.1. The normalized spacial score (nSPS) is 10.4. The molecule has 2 rings (SSSR count). The molecule has 0 spiro atoms. The molecule has 0 heterocycles. The molecular weight excluding hydrogens is 280 g/mol. The largest absolute Gasteiger partial charge is 0.464 e. The first-order chi connectivity index (χ1) is 10.7. The van der Waals surface area contributed by atoms with Gasteiger partial charge in [0.05, 0.1) is 17.9 Å². The summed E-state index contributed by atoms with van der Waals surface area (Å²) in [7, 11) is 0. The van der Waals surface area contributed by atoms with E-state index < -0.39 is 5.97 Å². The first-order valence-electron chi connectivity index (χ1n) is 6.80. The molecule has 0 radical (unpaired) electrons. The molecular formula is C18H16O4. The predicted molar refractivity (Wildman–Crippen MR) is 82.5 cm³/mol. The predicted octanol–water partition coefficient (Wildman–Crippen LogP) is 3.53. The Bertz CT molecular complexity index is 674. The molecule has 112 valence electrons. The number of carbonyl (C=O) groups is 2. The molecule has 2 aromatic rings. The average molecular weight is 296 g/mol. The van der Waals surface area contributed by atoms with E-state index >= 15 is 0 Å². The van der Waals surface area contributed by atoms with Crippen LogP contribution in [0.4, 0.5) is 0 Å². The zero-order valence-electron chi connectivity index (χ0n) is 12.2. The van der Waals surface area contributed by atoms with Crippen LogP contribution in [-0.4, -0.2) is 11.8 Å². The molecule has 0 unspecified atom stereocenters. The van der Waals surface area contributed by atoms with Gasteiger partial charge in [-0.25, -0.2) is 4.79 Å². The SMILES string of the molecule is CC(=O)c1ccccc1O/C=C/C(=O)OCc1ccccc1. The summed E-state index contributed by atoms with van der Waals surface area (Å²) in [5.74, 6) is -0.207. The quantitative estimate of drug-likeness (QED) is 0.354. The fraction of sp³-hybridized carbons (Fsp3) is 0.111. The second-order valence-corrected chi connectivity index (χ2v) is 4.57. The highest BCUT2D eigenvalue weighted by Gasteiger charge is 2.06. The van der Waals surface area contributed by atoms with E-state index in [4.69, 9.17) is 9.47 Å². The minimum atomic E-state index is -0.510. The molecule has 0 aliphatic carbocycles. The van der Waals surface area contributed by atoms with Crippen LogP contribution in [0.2, 0.25) is 0 Å².